The Bertz CT molecular complexity index is 316. The molecule has 0 aromatic carbocycles. The molecular formula is C10H23N3O2S. The molecule has 5 nitrogen and oxygen atoms in total. The Kier molecular flexibility index (Phi) is 4.73. The summed E-state index contributed by atoms with van der Waals surface area (Å²) in [6, 6.07) is -0.0360. The van der Waals surface area contributed by atoms with Crippen molar-refractivity contribution in [3.05, 3.63) is 0 Å². The lowest BCUT2D eigenvalue weighted by Crippen LogP contribution is -2.52. The van der Waals surface area contributed by atoms with Gasteiger partial charge in [0.05, 0.1) is 0 Å². The summed E-state index contributed by atoms with van der Waals surface area (Å²) in [5.41, 5.74) is 5.68. The molecule has 0 aliphatic carbocycles. The molecule has 16 heavy (non-hydrogen) atoms. The van der Waals surface area contributed by atoms with Crippen LogP contribution in [-0.2, 0) is 10.2 Å². The van der Waals surface area contributed by atoms with Crippen molar-refractivity contribution >= 4 is 10.2 Å². The van der Waals surface area contributed by atoms with Gasteiger partial charge in [0.1, 0.15) is 0 Å². The number of nitrogens with two attached hydrogens (primary N) is 1. The molecule has 2 unspecified atom stereocenters. The zero-order chi connectivity index (χ0) is 12.3. The van der Waals surface area contributed by atoms with E-state index >= 15 is 0 Å². The molecule has 1 heterocycles. The van der Waals surface area contributed by atoms with Gasteiger partial charge in [0.2, 0.25) is 0 Å². The molecular weight excluding hydrogens is 226 g/mol. The predicted molar refractivity (Wildman–Crippen MR) is 65.2 cm³/mol. The van der Waals surface area contributed by atoms with Crippen LogP contribution in [0.25, 0.3) is 0 Å². The lowest BCUT2D eigenvalue weighted by Gasteiger charge is -2.38. The largest absolute Gasteiger partial charge is 0.329 e. The number of hydrogen-bond acceptors (Lipinski definition) is 3. The van der Waals surface area contributed by atoms with Crippen molar-refractivity contribution in [2.24, 2.45) is 11.7 Å². The fourth-order valence-corrected chi connectivity index (χ4v) is 3.52. The van der Waals surface area contributed by atoms with E-state index in [4.69, 9.17) is 5.73 Å². The molecule has 1 saturated heterocycles. The molecule has 1 rings (SSSR count). The quantitative estimate of drug-likeness (QED) is 0.776. The highest BCUT2D eigenvalue weighted by Crippen LogP contribution is 2.27. The van der Waals surface area contributed by atoms with Gasteiger partial charge in [-0.15, -0.1) is 0 Å². The molecule has 0 bridgehead atoms. The van der Waals surface area contributed by atoms with Crippen molar-refractivity contribution in [3.8, 4) is 0 Å². The van der Waals surface area contributed by atoms with Gasteiger partial charge >= 0.3 is 0 Å². The SMILES string of the molecule is CCC1CCN(S(=O)(=O)N(C)C)C(CN)C1. The van der Waals surface area contributed by atoms with Crippen molar-refractivity contribution in [2.75, 3.05) is 27.2 Å². The predicted octanol–water partition coefficient (Wildman–Crippen LogP) is 0.242. The van der Waals surface area contributed by atoms with Crippen LogP contribution in [-0.4, -0.2) is 50.3 Å². The van der Waals surface area contributed by atoms with E-state index in [1.165, 1.54) is 4.31 Å². The Hall–Kier alpha value is -0.170. The highest BCUT2D eigenvalue weighted by molar-refractivity contribution is 7.86. The van der Waals surface area contributed by atoms with Crippen LogP contribution in [0.2, 0.25) is 0 Å². The van der Waals surface area contributed by atoms with E-state index in [0.29, 0.717) is 19.0 Å². The van der Waals surface area contributed by atoms with Gasteiger partial charge in [0.15, 0.2) is 0 Å². The van der Waals surface area contributed by atoms with Gasteiger partial charge in [-0.25, -0.2) is 0 Å². The summed E-state index contributed by atoms with van der Waals surface area (Å²) >= 11 is 0. The van der Waals surface area contributed by atoms with Crippen LogP contribution in [0.4, 0.5) is 0 Å². The zero-order valence-electron chi connectivity index (χ0n) is 10.4. The average molecular weight is 249 g/mol. The third-order valence-electron chi connectivity index (χ3n) is 3.38. The molecule has 96 valence electrons. The number of piperidine rings is 1. The van der Waals surface area contributed by atoms with Crippen molar-refractivity contribution in [1.29, 1.82) is 0 Å². The minimum Gasteiger partial charge on any atom is -0.329 e. The van der Waals surface area contributed by atoms with E-state index < -0.39 is 10.2 Å². The van der Waals surface area contributed by atoms with Gasteiger partial charge in [-0.2, -0.15) is 17.0 Å². The van der Waals surface area contributed by atoms with E-state index in [9.17, 15) is 8.42 Å². The molecule has 0 aromatic heterocycles. The van der Waals surface area contributed by atoms with Gasteiger partial charge < -0.3 is 5.73 Å². The third-order valence-corrected chi connectivity index (χ3v) is 5.37. The number of rotatable bonds is 4. The molecule has 0 aromatic rings. The molecule has 1 aliphatic rings. The van der Waals surface area contributed by atoms with Gasteiger partial charge in [0, 0.05) is 33.2 Å². The average Bonchev–Trinajstić information content (AvgIpc) is 2.27. The summed E-state index contributed by atoms with van der Waals surface area (Å²) in [4.78, 5) is 0. The minimum atomic E-state index is -3.31. The molecule has 0 amide bonds. The molecule has 0 spiro atoms. The second kappa shape index (κ2) is 5.44. The van der Waals surface area contributed by atoms with Crippen molar-refractivity contribution in [1.82, 2.24) is 8.61 Å². The van der Waals surface area contributed by atoms with Crippen molar-refractivity contribution in [3.63, 3.8) is 0 Å². The van der Waals surface area contributed by atoms with E-state index in [2.05, 4.69) is 6.92 Å². The second-order valence-corrected chi connectivity index (χ2v) is 6.68. The van der Waals surface area contributed by atoms with Gasteiger partial charge in [-0.3, -0.25) is 0 Å². The molecule has 0 saturated carbocycles. The van der Waals surface area contributed by atoms with Gasteiger partial charge in [0.25, 0.3) is 10.2 Å². The maximum absolute atomic E-state index is 12.0. The standard InChI is InChI=1S/C10H23N3O2S/c1-4-9-5-6-13(10(7-9)8-11)16(14,15)12(2)3/h9-10H,4-8,11H2,1-3H3. The number of nitrogens with zero attached hydrogens (tertiary/aromatic N) is 2. The van der Waals surface area contributed by atoms with Crippen LogP contribution >= 0.6 is 0 Å². The molecule has 0 radical (unpaired) electrons. The Morgan fingerprint density at radius 2 is 2.06 bits per heavy atom. The van der Waals surface area contributed by atoms with E-state index in [0.717, 1.165) is 19.3 Å². The van der Waals surface area contributed by atoms with Gasteiger partial charge in [-0.1, -0.05) is 13.3 Å². The first-order valence-electron chi connectivity index (χ1n) is 5.82. The van der Waals surface area contributed by atoms with Crippen LogP contribution < -0.4 is 5.73 Å². The van der Waals surface area contributed by atoms with Crippen LogP contribution in [0.5, 0.6) is 0 Å². The third kappa shape index (κ3) is 2.74. The van der Waals surface area contributed by atoms with E-state index in [1.54, 1.807) is 18.4 Å². The van der Waals surface area contributed by atoms with Crippen molar-refractivity contribution in [2.45, 2.75) is 32.2 Å². The summed E-state index contributed by atoms with van der Waals surface area (Å²) in [6.07, 6.45) is 2.94. The lowest BCUT2D eigenvalue weighted by atomic mass is 9.90. The summed E-state index contributed by atoms with van der Waals surface area (Å²) in [6.45, 7) is 3.15. The maximum atomic E-state index is 12.0. The molecule has 2 atom stereocenters. The normalized spacial score (nSPS) is 28.6. The van der Waals surface area contributed by atoms with E-state index in [1.807, 2.05) is 0 Å². The Morgan fingerprint density at radius 3 is 2.50 bits per heavy atom. The first-order chi connectivity index (χ1) is 7.43. The molecule has 1 fully saturated rings. The van der Waals surface area contributed by atoms with Crippen LogP contribution in [0, 0.1) is 5.92 Å². The summed E-state index contributed by atoms with van der Waals surface area (Å²) < 4.78 is 26.9. The fourth-order valence-electron chi connectivity index (χ4n) is 2.21. The van der Waals surface area contributed by atoms with Crippen LogP contribution in [0.3, 0.4) is 0 Å². The van der Waals surface area contributed by atoms with Crippen LogP contribution in [0.1, 0.15) is 26.2 Å². The Labute approximate surface area is 98.8 Å². The highest BCUT2D eigenvalue weighted by atomic mass is 32.2. The monoisotopic (exact) mass is 249 g/mol. The topological polar surface area (TPSA) is 66.6 Å². The number of hydrogen-bond donors (Lipinski definition) is 1. The molecule has 1 aliphatic heterocycles. The van der Waals surface area contributed by atoms with Gasteiger partial charge in [-0.05, 0) is 18.8 Å². The van der Waals surface area contributed by atoms with E-state index in [-0.39, 0.29) is 6.04 Å². The first-order valence-corrected chi connectivity index (χ1v) is 7.22. The Balaban J connectivity index is 2.82. The molecule has 6 heteroatoms. The summed E-state index contributed by atoms with van der Waals surface area (Å²) in [7, 11) is -0.178. The lowest BCUT2D eigenvalue weighted by molar-refractivity contribution is 0.190. The first kappa shape index (κ1) is 13.9. The zero-order valence-corrected chi connectivity index (χ0v) is 11.2. The summed E-state index contributed by atoms with van der Waals surface area (Å²) in [5, 5.41) is 0. The summed E-state index contributed by atoms with van der Waals surface area (Å²) in [5.74, 6) is 0.613. The molecule has 2 N–H and O–H groups in total. The minimum absolute atomic E-state index is 0.0360. The maximum Gasteiger partial charge on any atom is 0.281 e. The Morgan fingerprint density at radius 1 is 1.44 bits per heavy atom. The van der Waals surface area contributed by atoms with Crippen LogP contribution in [0.15, 0.2) is 0 Å². The smallest absolute Gasteiger partial charge is 0.281 e. The van der Waals surface area contributed by atoms with Crippen molar-refractivity contribution < 1.29 is 8.42 Å². The second-order valence-electron chi connectivity index (χ2n) is 4.59. The highest BCUT2D eigenvalue weighted by Gasteiger charge is 2.35. The fraction of sp³-hybridized carbons (Fsp3) is 1.00.